The Morgan fingerprint density at radius 3 is 1.28 bits per heavy atom. The van der Waals surface area contributed by atoms with Gasteiger partial charge in [0.2, 0.25) is 0 Å². The molecule has 29 heavy (non-hydrogen) atoms. The van der Waals surface area contributed by atoms with Crippen LogP contribution in [0.15, 0.2) is 68.0 Å². The second kappa shape index (κ2) is 9.11. The molecule has 0 saturated carbocycles. The van der Waals surface area contributed by atoms with Crippen LogP contribution in [0, 0.1) is 0 Å². The van der Waals surface area contributed by atoms with Gasteiger partial charge in [0.15, 0.2) is 0 Å². The Balaban J connectivity index is 2.38. The van der Waals surface area contributed by atoms with Gasteiger partial charge in [-0.2, -0.15) is 0 Å². The molecular formula is C23H21Br3O3. The maximum absolute atomic E-state index is 10.1. The zero-order valence-electron chi connectivity index (χ0n) is 15.8. The van der Waals surface area contributed by atoms with Crippen molar-refractivity contribution in [3.63, 3.8) is 0 Å². The Bertz CT molecular complexity index is 909. The van der Waals surface area contributed by atoms with Crippen LogP contribution >= 0.6 is 47.8 Å². The molecule has 3 aromatic carbocycles. The lowest BCUT2D eigenvalue weighted by Gasteiger charge is -2.37. The highest BCUT2D eigenvalue weighted by atomic mass is 79.9. The highest BCUT2D eigenvalue weighted by Gasteiger charge is 2.37. The number of hydrogen-bond acceptors (Lipinski definition) is 3. The zero-order chi connectivity index (χ0) is 21.2. The standard InChI is InChI=1S/C23H21Br3O3/c1-2-3-10-23(14-4-7-20(27)17(24)11-14,15-5-8-21(28)18(25)12-15)16-6-9-22(29)19(26)13-16/h4-9,11-13,27-29H,2-3,10H2,1H3. The van der Waals surface area contributed by atoms with Crippen LogP contribution in [0.5, 0.6) is 17.2 Å². The van der Waals surface area contributed by atoms with Crippen molar-refractivity contribution in [2.75, 3.05) is 0 Å². The molecule has 0 saturated heterocycles. The summed E-state index contributed by atoms with van der Waals surface area (Å²) in [4.78, 5) is 0. The van der Waals surface area contributed by atoms with E-state index in [0.29, 0.717) is 13.4 Å². The topological polar surface area (TPSA) is 60.7 Å². The predicted octanol–water partition coefficient (Wildman–Crippen LogP) is 7.62. The molecule has 0 radical (unpaired) electrons. The number of phenols is 3. The minimum Gasteiger partial charge on any atom is -0.507 e. The van der Waals surface area contributed by atoms with Crippen LogP contribution in [0.2, 0.25) is 0 Å². The van der Waals surface area contributed by atoms with Crippen LogP contribution in [-0.2, 0) is 5.41 Å². The third-order valence-corrected chi connectivity index (χ3v) is 7.13. The Labute approximate surface area is 195 Å². The molecule has 0 aromatic heterocycles. The van der Waals surface area contributed by atoms with Gasteiger partial charge in [-0.1, -0.05) is 38.0 Å². The molecule has 0 aliphatic carbocycles. The van der Waals surface area contributed by atoms with E-state index in [4.69, 9.17) is 0 Å². The van der Waals surface area contributed by atoms with Gasteiger partial charge in [0.05, 0.1) is 13.4 Å². The van der Waals surface area contributed by atoms with E-state index in [2.05, 4.69) is 54.7 Å². The molecule has 0 heterocycles. The van der Waals surface area contributed by atoms with Gasteiger partial charge in [0.25, 0.3) is 0 Å². The van der Waals surface area contributed by atoms with Gasteiger partial charge in [-0.3, -0.25) is 0 Å². The molecule has 3 aromatic rings. The fourth-order valence-corrected chi connectivity index (χ4v) is 4.83. The fraction of sp³-hybridized carbons (Fsp3) is 0.217. The Morgan fingerprint density at radius 1 is 0.655 bits per heavy atom. The summed E-state index contributed by atoms with van der Waals surface area (Å²) >= 11 is 10.4. The summed E-state index contributed by atoms with van der Waals surface area (Å²) in [5.74, 6) is 0.533. The maximum Gasteiger partial charge on any atom is 0.129 e. The maximum atomic E-state index is 10.1. The van der Waals surface area contributed by atoms with Crippen LogP contribution in [0.3, 0.4) is 0 Å². The van der Waals surface area contributed by atoms with Crippen molar-refractivity contribution in [1.82, 2.24) is 0 Å². The molecule has 152 valence electrons. The second-order valence-corrected chi connectivity index (χ2v) is 9.57. The minimum absolute atomic E-state index is 0.178. The number of benzene rings is 3. The predicted molar refractivity (Wildman–Crippen MR) is 127 cm³/mol. The summed E-state index contributed by atoms with van der Waals surface area (Å²) in [6.45, 7) is 2.15. The van der Waals surface area contributed by atoms with Gasteiger partial charge in [0.1, 0.15) is 17.2 Å². The summed E-state index contributed by atoms with van der Waals surface area (Å²) in [5, 5.41) is 30.2. The number of unbranched alkanes of at least 4 members (excludes halogenated alkanes) is 1. The van der Waals surface area contributed by atoms with Crippen molar-refractivity contribution in [1.29, 1.82) is 0 Å². The SMILES string of the molecule is CCCCC(c1ccc(O)c(Br)c1)(c1ccc(O)c(Br)c1)c1ccc(O)c(Br)c1. The van der Waals surface area contributed by atoms with E-state index in [1.807, 2.05) is 36.4 Å². The monoisotopic (exact) mass is 582 g/mol. The first kappa shape index (κ1) is 22.2. The first-order valence-corrected chi connectivity index (χ1v) is 11.6. The Hall–Kier alpha value is -1.50. The van der Waals surface area contributed by atoms with Crippen molar-refractivity contribution >= 4 is 47.8 Å². The molecule has 6 heteroatoms. The van der Waals surface area contributed by atoms with E-state index < -0.39 is 5.41 Å². The number of aromatic hydroxyl groups is 3. The van der Waals surface area contributed by atoms with Crippen LogP contribution < -0.4 is 0 Å². The smallest absolute Gasteiger partial charge is 0.129 e. The van der Waals surface area contributed by atoms with Crippen molar-refractivity contribution in [3.8, 4) is 17.2 Å². The molecule has 0 aliphatic rings. The molecular weight excluding hydrogens is 564 g/mol. The molecule has 3 nitrogen and oxygen atoms in total. The van der Waals surface area contributed by atoms with E-state index >= 15 is 0 Å². The van der Waals surface area contributed by atoms with Crippen LogP contribution in [0.4, 0.5) is 0 Å². The van der Waals surface area contributed by atoms with E-state index in [1.54, 1.807) is 18.2 Å². The van der Waals surface area contributed by atoms with Gasteiger partial charge in [0, 0.05) is 5.41 Å². The molecule has 0 fully saturated rings. The Kier molecular flexibility index (Phi) is 6.97. The number of rotatable bonds is 6. The summed E-state index contributed by atoms with van der Waals surface area (Å²) in [7, 11) is 0. The summed E-state index contributed by atoms with van der Waals surface area (Å²) in [6.07, 6.45) is 2.80. The van der Waals surface area contributed by atoms with Gasteiger partial charge in [-0.15, -0.1) is 0 Å². The first-order valence-electron chi connectivity index (χ1n) is 9.26. The van der Waals surface area contributed by atoms with Gasteiger partial charge >= 0.3 is 0 Å². The molecule has 0 atom stereocenters. The van der Waals surface area contributed by atoms with E-state index in [-0.39, 0.29) is 17.2 Å². The molecule has 3 rings (SSSR count). The van der Waals surface area contributed by atoms with E-state index in [0.717, 1.165) is 36.0 Å². The third kappa shape index (κ3) is 4.35. The molecule has 0 amide bonds. The average Bonchev–Trinajstić information content (AvgIpc) is 2.70. The minimum atomic E-state index is -0.543. The number of phenolic OH excluding ortho intramolecular Hbond substituents is 3. The summed E-state index contributed by atoms with van der Waals surface area (Å²) in [5.41, 5.74) is 2.47. The lowest BCUT2D eigenvalue weighted by molar-refractivity contribution is 0.466. The Morgan fingerprint density at radius 2 is 1.00 bits per heavy atom. The third-order valence-electron chi connectivity index (χ3n) is 5.23. The van der Waals surface area contributed by atoms with Crippen LogP contribution in [0.25, 0.3) is 0 Å². The van der Waals surface area contributed by atoms with Crippen molar-refractivity contribution < 1.29 is 15.3 Å². The van der Waals surface area contributed by atoms with Crippen molar-refractivity contribution in [3.05, 3.63) is 84.7 Å². The van der Waals surface area contributed by atoms with E-state index in [9.17, 15) is 15.3 Å². The highest BCUT2D eigenvalue weighted by Crippen LogP contribution is 2.47. The van der Waals surface area contributed by atoms with Crippen LogP contribution in [-0.4, -0.2) is 15.3 Å². The number of hydrogen-bond donors (Lipinski definition) is 3. The molecule has 0 spiro atoms. The molecule has 0 bridgehead atoms. The van der Waals surface area contributed by atoms with Gasteiger partial charge < -0.3 is 15.3 Å². The molecule has 0 unspecified atom stereocenters. The second-order valence-electron chi connectivity index (χ2n) is 7.01. The zero-order valence-corrected chi connectivity index (χ0v) is 20.6. The quantitative estimate of drug-likeness (QED) is 0.261. The highest BCUT2D eigenvalue weighted by molar-refractivity contribution is 9.11. The number of halogens is 3. The van der Waals surface area contributed by atoms with Gasteiger partial charge in [-0.05, 0) is 107 Å². The van der Waals surface area contributed by atoms with Crippen LogP contribution in [0.1, 0.15) is 42.9 Å². The summed E-state index contributed by atoms with van der Waals surface area (Å²) < 4.78 is 1.85. The normalized spacial score (nSPS) is 11.6. The fourth-order valence-electron chi connectivity index (χ4n) is 3.69. The van der Waals surface area contributed by atoms with Crippen molar-refractivity contribution in [2.24, 2.45) is 0 Å². The molecule has 0 aliphatic heterocycles. The lowest BCUT2D eigenvalue weighted by Crippen LogP contribution is -2.29. The van der Waals surface area contributed by atoms with E-state index in [1.165, 1.54) is 0 Å². The van der Waals surface area contributed by atoms with Crippen molar-refractivity contribution in [2.45, 2.75) is 31.6 Å². The summed E-state index contributed by atoms with van der Waals surface area (Å²) in [6, 6.07) is 16.7. The first-order chi connectivity index (χ1) is 13.8. The largest absolute Gasteiger partial charge is 0.507 e. The van der Waals surface area contributed by atoms with Gasteiger partial charge in [-0.25, -0.2) is 0 Å². The average molecular weight is 585 g/mol. The lowest BCUT2D eigenvalue weighted by atomic mass is 9.66. The molecule has 3 N–H and O–H groups in total.